The molecule has 114 valence electrons. The average Bonchev–Trinajstić information content (AvgIpc) is 2.57. The number of amides is 2. The topological polar surface area (TPSA) is 52.7 Å². The molecule has 1 aliphatic heterocycles. The highest BCUT2D eigenvalue weighted by molar-refractivity contribution is 6.05. The molecule has 0 saturated carbocycles. The van der Waals surface area contributed by atoms with Crippen molar-refractivity contribution >= 4 is 23.2 Å². The molecule has 1 atom stereocenters. The summed E-state index contributed by atoms with van der Waals surface area (Å²) in [7, 11) is 3.90. The SMILES string of the molecule is CCC1(C)NC(=O)CCN(c2ccccc2N(C)C)C1=O. The maximum Gasteiger partial charge on any atom is 0.252 e. The predicted octanol–water partition coefficient (Wildman–Crippen LogP) is 1.77. The first-order valence-electron chi connectivity index (χ1n) is 7.28. The van der Waals surface area contributed by atoms with Gasteiger partial charge in [-0.15, -0.1) is 0 Å². The number of carbonyl (C=O) groups is 2. The van der Waals surface area contributed by atoms with Crippen molar-refractivity contribution in [2.45, 2.75) is 32.2 Å². The Labute approximate surface area is 125 Å². The van der Waals surface area contributed by atoms with Crippen LogP contribution in [0.1, 0.15) is 26.7 Å². The second-order valence-corrected chi connectivity index (χ2v) is 5.82. The molecule has 2 rings (SSSR count). The Bertz CT molecular complexity index is 556. The fraction of sp³-hybridized carbons (Fsp3) is 0.500. The summed E-state index contributed by atoms with van der Waals surface area (Å²) in [6.45, 7) is 4.12. The number of para-hydroxylation sites is 2. The van der Waals surface area contributed by atoms with Gasteiger partial charge in [0.2, 0.25) is 5.91 Å². The van der Waals surface area contributed by atoms with Gasteiger partial charge >= 0.3 is 0 Å². The van der Waals surface area contributed by atoms with Gasteiger partial charge in [0.1, 0.15) is 5.54 Å². The van der Waals surface area contributed by atoms with Crippen LogP contribution in [0, 0.1) is 0 Å². The number of hydrogen-bond acceptors (Lipinski definition) is 3. The zero-order valence-electron chi connectivity index (χ0n) is 13.1. The Morgan fingerprint density at radius 1 is 1.29 bits per heavy atom. The summed E-state index contributed by atoms with van der Waals surface area (Å²) in [5, 5.41) is 2.86. The van der Waals surface area contributed by atoms with Crippen LogP contribution in [0.3, 0.4) is 0 Å². The molecule has 2 amide bonds. The minimum atomic E-state index is -0.840. The van der Waals surface area contributed by atoms with Crippen molar-refractivity contribution in [2.75, 3.05) is 30.4 Å². The largest absolute Gasteiger partial charge is 0.376 e. The summed E-state index contributed by atoms with van der Waals surface area (Å²) < 4.78 is 0. The molecule has 1 aliphatic rings. The molecular weight excluding hydrogens is 266 g/mol. The summed E-state index contributed by atoms with van der Waals surface area (Å²) in [6.07, 6.45) is 0.890. The van der Waals surface area contributed by atoms with E-state index >= 15 is 0 Å². The number of hydrogen-bond donors (Lipinski definition) is 1. The van der Waals surface area contributed by atoms with Gasteiger partial charge in [0.05, 0.1) is 11.4 Å². The molecule has 1 aromatic carbocycles. The van der Waals surface area contributed by atoms with Gasteiger partial charge < -0.3 is 15.1 Å². The number of rotatable bonds is 3. The van der Waals surface area contributed by atoms with E-state index in [1.54, 1.807) is 11.8 Å². The minimum Gasteiger partial charge on any atom is -0.376 e. The lowest BCUT2D eigenvalue weighted by Gasteiger charge is -2.33. The van der Waals surface area contributed by atoms with Gasteiger partial charge in [0.25, 0.3) is 5.91 Å². The van der Waals surface area contributed by atoms with Crippen LogP contribution < -0.4 is 15.1 Å². The molecule has 1 unspecified atom stereocenters. The van der Waals surface area contributed by atoms with E-state index in [1.807, 2.05) is 50.2 Å². The molecule has 1 saturated heterocycles. The molecule has 1 heterocycles. The molecule has 1 N–H and O–H groups in total. The van der Waals surface area contributed by atoms with E-state index < -0.39 is 5.54 Å². The van der Waals surface area contributed by atoms with E-state index in [0.29, 0.717) is 19.4 Å². The fourth-order valence-corrected chi connectivity index (χ4v) is 2.58. The van der Waals surface area contributed by atoms with Crippen molar-refractivity contribution < 1.29 is 9.59 Å². The third-order valence-corrected chi connectivity index (χ3v) is 4.06. The third kappa shape index (κ3) is 2.86. The number of anilines is 2. The van der Waals surface area contributed by atoms with Crippen molar-refractivity contribution in [2.24, 2.45) is 0 Å². The fourth-order valence-electron chi connectivity index (χ4n) is 2.58. The first kappa shape index (κ1) is 15.4. The maximum atomic E-state index is 12.9. The average molecular weight is 289 g/mol. The summed E-state index contributed by atoms with van der Waals surface area (Å²) >= 11 is 0. The van der Waals surface area contributed by atoms with Crippen molar-refractivity contribution in [3.8, 4) is 0 Å². The highest BCUT2D eigenvalue weighted by atomic mass is 16.2. The molecule has 0 spiro atoms. The standard InChI is InChI=1S/C16H23N3O2/c1-5-16(2)15(21)19(11-10-14(20)17-16)13-9-7-6-8-12(13)18(3)4/h6-9H,5,10-11H2,1-4H3,(H,17,20). The number of nitrogens with one attached hydrogen (secondary N) is 1. The summed E-state index contributed by atoms with van der Waals surface area (Å²) in [4.78, 5) is 28.5. The lowest BCUT2D eigenvalue weighted by atomic mass is 9.97. The lowest BCUT2D eigenvalue weighted by Crippen LogP contribution is -2.55. The Kier molecular flexibility index (Phi) is 4.21. The van der Waals surface area contributed by atoms with Crippen molar-refractivity contribution in [3.63, 3.8) is 0 Å². The summed E-state index contributed by atoms with van der Waals surface area (Å²) in [6, 6.07) is 7.77. The van der Waals surface area contributed by atoms with Crippen LogP contribution in [0.15, 0.2) is 24.3 Å². The van der Waals surface area contributed by atoms with Gasteiger partial charge in [0.15, 0.2) is 0 Å². The molecule has 0 radical (unpaired) electrons. The van der Waals surface area contributed by atoms with E-state index in [-0.39, 0.29) is 11.8 Å². The van der Waals surface area contributed by atoms with Gasteiger partial charge in [-0.3, -0.25) is 9.59 Å². The van der Waals surface area contributed by atoms with Crippen molar-refractivity contribution in [1.29, 1.82) is 0 Å². The Hall–Kier alpha value is -2.04. The van der Waals surface area contributed by atoms with E-state index in [2.05, 4.69) is 5.32 Å². The second-order valence-electron chi connectivity index (χ2n) is 5.82. The van der Waals surface area contributed by atoms with Gasteiger partial charge in [-0.05, 0) is 25.5 Å². The molecule has 5 nitrogen and oxygen atoms in total. The molecule has 5 heteroatoms. The zero-order valence-corrected chi connectivity index (χ0v) is 13.1. The van der Waals surface area contributed by atoms with Crippen LogP contribution in [0.25, 0.3) is 0 Å². The minimum absolute atomic E-state index is 0.0508. The van der Waals surface area contributed by atoms with E-state index in [1.165, 1.54) is 0 Å². The highest BCUT2D eigenvalue weighted by Crippen LogP contribution is 2.31. The van der Waals surface area contributed by atoms with Gasteiger partial charge in [-0.1, -0.05) is 19.1 Å². The second kappa shape index (κ2) is 5.76. The van der Waals surface area contributed by atoms with Crippen LogP contribution in [-0.4, -0.2) is 38.0 Å². The van der Waals surface area contributed by atoms with Gasteiger partial charge in [-0.25, -0.2) is 0 Å². The van der Waals surface area contributed by atoms with E-state index in [9.17, 15) is 9.59 Å². The Balaban J connectivity index is 2.47. The van der Waals surface area contributed by atoms with Crippen LogP contribution >= 0.6 is 0 Å². The Morgan fingerprint density at radius 3 is 2.57 bits per heavy atom. The maximum absolute atomic E-state index is 12.9. The van der Waals surface area contributed by atoms with Crippen molar-refractivity contribution in [1.82, 2.24) is 5.32 Å². The number of carbonyl (C=O) groups excluding carboxylic acids is 2. The van der Waals surface area contributed by atoms with E-state index in [4.69, 9.17) is 0 Å². The normalized spacial score (nSPS) is 22.8. The molecule has 0 bridgehead atoms. The third-order valence-electron chi connectivity index (χ3n) is 4.06. The Morgan fingerprint density at radius 2 is 1.95 bits per heavy atom. The van der Waals surface area contributed by atoms with Crippen molar-refractivity contribution in [3.05, 3.63) is 24.3 Å². The summed E-state index contributed by atoms with van der Waals surface area (Å²) in [5.74, 6) is -0.123. The molecule has 1 fully saturated rings. The molecule has 0 aromatic heterocycles. The molecule has 1 aromatic rings. The summed E-state index contributed by atoms with van der Waals surface area (Å²) in [5.41, 5.74) is 0.981. The van der Waals surface area contributed by atoms with E-state index in [0.717, 1.165) is 11.4 Å². The van der Waals surface area contributed by atoms with Gasteiger partial charge in [0, 0.05) is 27.1 Å². The van der Waals surface area contributed by atoms with Gasteiger partial charge in [-0.2, -0.15) is 0 Å². The molecule has 21 heavy (non-hydrogen) atoms. The van der Waals surface area contributed by atoms with Crippen LogP contribution in [0.2, 0.25) is 0 Å². The molecular formula is C16H23N3O2. The monoisotopic (exact) mass is 289 g/mol. The van der Waals surface area contributed by atoms with Crippen LogP contribution in [0.5, 0.6) is 0 Å². The number of nitrogens with zero attached hydrogens (tertiary/aromatic N) is 2. The lowest BCUT2D eigenvalue weighted by molar-refractivity contribution is -0.129. The van der Waals surface area contributed by atoms with Crippen LogP contribution in [0.4, 0.5) is 11.4 Å². The van der Waals surface area contributed by atoms with Crippen LogP contribution in [-0.2, 0) is 9.59 Å². The smallest absolute Gasteiger partial charge is 0.252 e. The zero-order chi connectivity index (χ0) is 15.6. The molecule has 0 aliphatic carbocycles. The number of benzene rings is 1. The first-order chi connectivity index (χ1) is 9.89. The predicted molar refractivity (Wildman–Crippen MR) is 84.6 cm³/mol. The highest BCUT2D eigenvalue weighted by Gasteiger charge is 2.40. The quantitative estimate of drug-likeness (QED) is 0.922. The first-order valence-corrected chi connectivity index (χ1v) is 7.28.